The third kappa shape index (κ3) is 3.18. The standard InChI is InChI=1S/C20H24N4O4S/c1-13-21-19-24(22-13)18(25)17(29-19)16(14-5-3-4-6-15(14)26-2)23-9-7-20(8-10-23)27-11-12-28-20/h3-6,16,25H,7-12H2,1-2H3/p+1/t16-/m0/s1. The molecule has 4 heterocycles. The van der Waals surface area contributed by atoms with E-state index in [1.54, 1.807) is 7.11 Å². The number of benzene rings is 1. The molecule has 0 saturated carbocycles. The second-order valence-electron chi connectivity index (χ2n) is 7.58. The van der Waals surface area contributed by atoms with Crippen LogP contribution in [0.3, 0.4) is 0 Å². The van der Waals surface area contributed by atoms with Gasteiger partial charge in [0.25, 0.3) is 0 Å². The van der Waals surface area contributed by atoms with Crippen LogP contribution in [0.15, 0.2) is 24.3 Å². The number of hydrogen-bond donors (Lipinski definition) is 2. The van der Waals surface area contributed by atoms with Crippen LogP contribution in [0.25, 0.3) is 4.96 Å². The summed E-state index contributed by atoms with van der Waals surface area (Å²) >= 11 is 1.48. The van der Waals surface area contributed by atoms with E-state index in [-0.39, 0.29) is 11.9 Å². The maximum Gasteiger partial charge on any atom is 0.235 e. The summed E-state index contributed by atoms with van der Waals surface area (Å²) in [5.41, 5.74) is 1.05. The van der Waals surface area contributed by atoms with Gasteiger partial charge in [0, 0.05) is 0 Å². The average molecular weight is 418 g/mol. The molecule has 0 radical (unpaired) electrons. The molecule has 29 heavy (non-hydrogen) atoms. The number of ether oxygens (including phenoxy) is 3. The molecule has 2 saturated heterocycles. The van der Waals surface area contributed by atoms with E-state index >= 15 is 0 Å². The Morgan fingerprint density at radius 2 is 1.97 bits per heavy atom. The van der Waals surface area contributed by atoms with Gasteiger partial charge in [-0.2, -0.15) is 4.52 Å². The first-order valence-electron chi connectivity index (χ1n) is 9.91. The van der Waals surface area contributed by atoms with Crippen LogP contribution in [-0.2, 0) is 9.47 Å². The van der Waals surface area contributed by atoms with Gasteiger partial charge >= 0.3 is 0 Å². The van der Waals surface area contributed by atoms with E-state index in [9.17, 15) is 5.11 Å². The summed E-state index contributed by atoms with van der Waals surface area (Å²) in [5.74, 6) is 1.19. The van der Waals surface area contributed by atoms with Crippen LogP contribution < -0.4 is 9.64 Å². The summed E-state index contributed by atoms with van der Waals surface area (Å²) in [6.45, 7) is 4.90. The van der Waals surface area contributed by atoms with Gasteiger partial charge in [0.15, 0.2) is 11.8 Å². The molecule has 1 spiro atoms. The number of aromatic hydroxyl groups is 1. The van der Waals surface area contributed by atoms with Gasteiger partial charge < -0.3 is 24.2 Å². The van der Waals surface area contributed by atoms with Crippen molar-refractivity contribution in [2.24, 2.45) is 0 Å². The predicted molar refractivity (Wildman–Crippen MR) is 107 cm³/mol. The maximum absolute atomic E-state index is 11.0. The van der Waals surface area contributed by atoms with Crippen LogP contribution in [-0.4, -0.2) is 58.9 Å². The van der Waals surface area contributed by atoms with Crippen LogP contribution in [0, 0.1) is 6.92 Å². The highest BCUT2D eigenvalue weighted by molar-refractivity contribution is 7.17. The number of para-hydroxylation sites is 1. The van der Waals surface area contributed by atoms with E-state index in [0.29, 0.717) is 24.0 Å². The topological polar surface area (TPSA) is 82.6 Å². The molecular weight excluding hydrogens is 392 g/mol. The molecule has 8 nitrogen and oxygen atoms in total. The summed E-state index contributed by atoms with van der Waals surface area (Å²) in [4.78, 5) is 7.34. The smallest absolute Gasteiger partial charge is 0.235 e. The predicted octanol–water partition coefficient (Wildman–Crippen LogP) is 1.32. The van der Waals surface area contributed by atoms with Gasteiger partial charge in [-0.05, 0) is 19.1 Å². The van der Waals surface area contributed by atoms with E-state index in [0.717, 1.165) is 42.1 Å². The average Bonchev–Trinajstić information content (AvgIpc) is 3.42. The minimum Gasteiger partial charge on any atom is -0.496 e. The Kier molecular flexibility index (Phi) is 4.70. The van der Waals surface area contributed by atoms with Crippen molar-refractivity contribution in [1.29, 1.82) is 0 Å². The summed E-state index contributed by atoms with van der Waals surface area (Å²) in [6, 6.07) is 7.93. The first-order valence-corrected chi connectivity index (χ1v) is 10.7. The Balaban J connectivity index is 1.56. The molecule has 5 rings (SSSR count). The second-order valence-corrected chi connectivity index (χ2v) is 8.59. The molecule has 0 aliphatic carbocycles. The number of hydrogen-bond acceptors (Lipinski definition) is 7. The fourth-order valence-corrected chi connectivity index (χ4v) is 5.69. The minimum atomic E-state index is -0.431. The summed E-state index contributed by atoms with van der Waals surface area (Å²) in [6.07, 6.45) is 1.66. The summed E-state index contributed by atoms with van der Waals surface area (Å²) in [7, 11) is 1.68. The fourth-order valence-electron chi connectivity index (χ4n) is 4.51. The highest BCUT2D eigenvalue weighted by Crippen LogP contribution is 2.38. The Labute approximate surface area is 172 Å². The first kappa shape index (κ1) is 18.8. The van der Waals surface area contributed by atoms with Crippen LogP contribution in [0.2, 0.25) is 0 Å². The number of rotatable bonds is 4. The van der Waals surface area contributed by atoms with Gasteiger partial charge in [0.05, 0.1) is 51.8 Å². The number of quaternary nitrogens is 1. The molecule has 0 amide bonds. The second kappa shape index (κ2) is 7.24. The van der Waals surface area contributed by atoms with E-state index in [1.165, 1.54) is 20.8 Å². The number of methoxy groups -OCH3 is 1. The Morgan fingerprint density at radius 3 is 2.66 bits per heavy atom. The monoisotopic (exact) mass is 417 g/mol. The van der Waals surface area contributed by atoms with Gasteiger partial charge in [-0.3, -0.25) is 0 Å². The lowest BCUT2D eigenvalue weighted by Gasteiger charge is -2.38. The molecule has 0 bridgehead atoms. The summed E-state index contributed by atoms with van der Waals surface area (Å²) in [5, 5.41) is 15.3. The largest absolute Gasteiger partial charge is 0.496 e. The zero-order valence-corrected chi connectivity index (χ0v) is 17.4. The number of aryl methyl sites for hydroxylation is 1. The fraction of sp³-hybridized carbons (Fsp3) is 0.500. The molecule has 2 N–H and O–H groups in total. The molecule has 154 valence electrons. The Morgan fingerprint density at radius 1 is 1.24 bits per heavy atom. The van der Waals surface area contributed by atoms with Crippen molar-refractivity contribution in [2.75, 3.05) is 33.4 Å². The van der Waals surface area contributed by atoms with E-state index < -0.39 is 5.79 Å². The van der Waals surface area contributed by atoms with Crippen LogP contribution >= 0.6 is 11.3 Å². The van der Waals surface area contributed by atoms with Crippen molar-refractivity contribution >= 4 is 16.3 Å². The Hall–Kier alpha value is -2.20. The molecule has 2 aliphatic heterocycles. The van der Waals surface area contributed by atoms with Crippen molar-refractivity contribution in [3.63, 3.8) is 0 Å². The zero-order valence-electron chi connectivity index (χ0n) is 16.6. The summed E-state index contributed by atoms with van der Waals surface area (Å²) < 4.78 is 19.0. The number of nitrogens with one attached hydrogen (secondary N) is 1. The van der Waals surface area contributed by atoms with Crippen molar-refractivity contribution in [2.45, 2.75) is 31.6 Å². The molecular formula is C20H25N4O4S+. The molecule has 1 aromatic carbocycles. The maximum atomic E-state index is 11.0. The molecule has 0 unspecified atom stereocenters. The lowest BCUT2D eigenvalue weighted by molar-refractivity contribution is -0.933. The van der Waals surface area contributed by atoms with Crippen LogP contribution in [0.5, 0.6) is 11.6 Å². The number of piperidine rings is 1. The van der Waals surface area contributed by atoms with Gasteiger partial charge in [-0.25, -0.2) is 4.98 Å². The lowest BCUT2D eigenvalue weighted by atomic mass is 9.97. The molecule has 1 atom stereocenters. The van der Waals surface area contributed by atoms with Gasteiger partial charge in [0.1, 0.15) is 16.5 Å². The third-order valence-corrected chi connectivity index (χ3v) is 6.98. The minimum absolute atomic E-state index is 0.0845. The lowest BCUT2D eigenvalue weighted by Crippen LogP contribution is -3.14. The SMILES string of the molecule is COc1ccccc1[C@@H](c1sc2nc(C)nn2c1O)[NH+]1CCC2(CC1)OCCO2. The number of fused-ring (bicyclic) bond motifs is 1. The van der Waals surface area contributed by atoms with Crippen molar-refractivity contribution in [1.82, 2.24) is 14.6 Å². The van der Waals surface area contributed by atoms with Crippen LogP contribution in [0.4, 0.5) is 0 Å². The first-order chi connectivity index (χ1) is 14.1. The highest BCUT2D eigenvalue weighted by Gasteiger charge is 2.45. The van der Waals surface area contributed by atoms with E-state index in [4.69, 9.17) is 14.2 Å². The molecule has 3 aromatic rings. The quantitative estimate of drug-likeness (QED) is 0.667. The van der Waals surface area contributed by atoms with E-state index in [1.807, 2.05) is 25.1 Å². The molecule has 2 aromatic heterocycles. The third-order valence-electron chi connectivity index (χ3n) is 5.89. The van der Waals surface area contributed by atoms with Crippen molar-refractivity contribution < 1.29 is 24.2 Å². The van der Waals surface area contributed by atoms with Crippen LogP contribution in [0.1, 0.15) is 35.1 Å². The van der Waals surface area contributed by atoms with Gasteiger partial charge in [-0.15, -0.1) is 5.10 Å². The number of thiazole rings is 1. The zero-order chi connectivity index (χ0) is 20.0. The van der Waals surface area contributed by atoms with Gasteiger partial charge in [-0.1, -0.05) is 23.5 Å². The number of nitrogens with zero attached hydrogens (tertiary/aromatic N) is 3. The van der Waals surface area contributed by atoms with Crippen molar-refractivity contribution in [3.05, 3.63) is 40.5 Å². The van der Waals surface area contributed by atoms with E-state index in [2.05, 4.69) is 16.1 Å². The molecule has 2 aliphatic rings. The Bertz CT molecular complexity index is 1020. The normalized spacial score (nSPS) is 20.5. The number of likely N-dealkylation sites (tertiary alicyclic amines) is 1. The highest BCUT2D eigenvalue weighted by atomic mass is 32.1. The number of aromatic nitrogens is 3. The van der Waals surface area contributed by atoms with Crippen molar-refractivity contribution in [3.8, 4) is 11.6 Å². The molecule has 9 heteroatoms. The van der Waals surface area contributed by atoms with Gasteiger partial charge in [0.2, 0.25) is 10.8 Å². The molecule has 2 fully saturated rings.